The fourth-order valence-electron chi connectivity index (χ4n) is 5.16. The minimum atomic E-state index is -6.11. The number of alkyl halides is 6. The Labute approximate surface area is 712 Å². The molecule has 0 saturated heterocycles. The fourth-order valence-corrected chi connectivity index (χ4v) is 18.0. The van der Waals surface area contributed by atoms with Crippen molar-refractivity contribution in [2.24, 2.45) is 0 Å². The van der Waals surface area contributed by atoms with Crippen LogP contribution in [-0.2, 0) is 150 Å². The van der Waals surface area contributed by atoms with Gasteiger partial charge in [0, 0.05) is 61.2 Å². The van der Waals surface area contributed by atoms with Crippen LogP contribution in [0.2, 0.25) is 0 Å². The molecule has 0 aliphatic carbocycles. The van der Waals surface area contributed by atoms with Crippen molar-refractivity contribution in [1.29, 1.82) is 0 Å². The Kier molecular flexibility index (Phi) is 60.3. The normalized spacial score (nSPS) is 11.9. The van der Waals surface area contributed by atoms with E-state index in [1.807, 2.05) is 12.4 Å². The second-order valence-electron chi connectivity index (χ2n) is 19.0. The smallest absolute Gasteiger partial charge is 0.462 e. The van der Waals surface area contributed by atoms with Crippen molar-refractivity contribution in [3.05, 3.63) is 170 Å². The van der Waals surface area contributed by atoms with Gasteiger partial charge in [0.05, 0.1) is 69.9 Å². The van der Waals surface area contributed by atoms with Gasteiger partial charge in [0.25, 0.3) is 0 Å². The number of ether oxygens (including phenoxy) is 3. The van der Waals surface area contributed by atoms with Crippen molar-refractivity contribution in [1.82, 2.24) is 0 Å². The summed E-state index contributed by atoms with van der Waals surface area (Å²) in [6, 6.07) is 14.9. The fraction of sp³-hybridized carbons (Fsp3) is 0.327. The summed E-state index contributed by atoms with van der Waals surface area (Å²) >= 11 is 0. The summed E-state index contributed by atoms with van der Waals surface area (Å²) in [5, 5.41) is 0. The zero-order valence-corrected chi connectivity index (χ0v) is 69.9. The minimum absolute atomic E-state index is 0. The molecule has 62 heteroatoms. The van der Waals surface area contributed by atoms with Gasteiger partial charge < -0.3 is 39.0 Å². The molecule has 0 spiro atoms. The van der Waals surface area contributed by atoms with Crippen molar-refractivity contribution in [2.75, 3.05) is 49.6 Å². The number of hydrogen-bond donors (Lipinski definition) is 0. The van der Waals surface area contributed by atoms with Gasteiger partial charge in [0.1, 0.15) is 30.1 Å². The molecule has 3 rings (SSSR count). The number of esters is 3. The van der Waals surface area contributed by atoms with Gasteiger partial charge in [0.15, 0.2) is 20.0 Å². The molecule has 0 aromatic heterocycles. The van der Waals surface area contributed by atoms with Crippen molar-refractivity contribution in [3.8, 4) is 0 Å². The molecule has 600 valence electrons. The number of benzene rings is 3. The molecule has 0 heterocycles. The van der Waals surface area contributed by atoms with Gasteiger partial charge in [-0.1, -0.05) is 94.1 Å². The van der Waals surface area contributed by atoms with Crippen LogP contribution in [0, 0.1) is 0 Å². The maximum atomic E-state index is 12.1. The Hall–Kier alpha value is -3.31. The van der Waals surface area contributed by atoms with E-state index in [2.05, 4.69) is 66.1 Å². The number of hydrogen-bond acceptors (Lipinski definition) is 30. The molecule has 0 fully saturated rings. The molecule has 0 saturated carbocycles. The van der Waals surface area contributed by atoms with Crippen LogP contribution in [0.3, 0.4) is 0 Å². The number of sulfonamides is 10. The number of nitrogens with zero attached hydrogens (tertiary/aromatic N) is 6. The minimum Gasteiger partial charge on any atom is -0.462 e. The molecule has 3 aromatic rings. The van der Waals surface area contributed by atoms with Crippen LogP contribution in [0.4, 0.5) is 34.1 Å². The van der Waals surface area contributed by atoms with Crippen LogP contribution in [0.25, 0.3) is 43.0 Å². The third kappa shape index (κ3) is 59.1. The van der Waals surface area contributed by atoms with Crippen molar-refractivity contribution < 1.29 is 277 Å². The van der Waals surface area contributed by atoms with E-state index in [-0.39, 0.29) is 161 Å². The van der Waals surface area contributed by atoms with Gasteiger partial charge >= 0.3 is 142 Å². The van der Waals surface area contributed by atoms with Crippen LogP contribution in [0.15, 0.2) is 144 Å². The van der Waals surface area contributed by atoms with Crippen LogP contribution in [0.1, 0.15) is 56.7 Å². The van der Waals surface area contributed by atoms with Gasteiger partial charge in [-0.2, -0.15) is 26.3 Å². The average Bonchev–Trinajstić information content (AvgIpc) is 0.810. The number of halogens is 8. The predicted molar refractivity (Wildman–Crippen MR) is 364 cm³/mol. The summed E-state index contributed by atoms with van der Waals surface area (Å²) in [5.41, 5.74) is -9.26. The molecular weight excluding hydrogens is 1730 g/mol. The second-order valence-corrected chi connectivity index (χ2v) is 39.0. The molecule has 0 bridgehead atoms. The topological polar surface area (TPSA) is 573 Å². The summed E-state index contributed by atoms with van der Waals surface area (Å²) in [6.45, 7) is 23.6. The molecule has 0 N–H and O–H groups in total. The second kappa shape index (κ2) is 53.2. The first kappa shape index (κ1) is 126. The summed E-state index contributed by atoms with van der Waals surface area (Å²) in [4.78, 5) is 31.4. The van der Waals surface area contributed by atoms with E-state index < -0.39 is 190 Å². The summed E-state index contributed by atoms with van der Waals surface area (Å²) in [5.74, 6) is -4.36. The Morgan fingerprint density at radius 2 is 0.559 bits per heavy atom. The van der Waals surface area contributed by atoms with E-state index in [4.69, 9.17) is 0 Å². The van der Waals surface area contributed by atoms with Crippen LogP contribution in [-0.4, -0.2) is 180 Å². The van der Waals surface area contributed by atoms with Crippen molar-refractivity contribution >= 4 is 157 Å². The Balaban J connectivity index is -0.000000159. The third-order valence-electron chi connectivity index (χ3n) is 9.49. The maximum Gasteiger partial charge on any atom is 1.00 e. The van der Waals surface area contributed by atoms with Gasteiger partial charge in [-0.15, -0.1) is 7.77 Å². The average molecular weight is 1790 g/mol. The first-order valence-corrected chi connectivity index (χ1v) is 44.7. The van der Waals surface area contributed by atoms with Crippen LogP contribution < -0.4 is 113 Å². The Morgan fingerprint density at radius 1 is 0.351 bits per heavy atom. The molecular formula is C49H60F8Li6N6O30S12. The molecule has 0 atom stereocenters. The quantitative estimate of drug-likeness (QED) is 0.0104. The SMILES string of the molecule is C=C(C)C(=O)OCCCS(=O)(=O)[N-]S(=O)(=O)C(F)(F)F.C=C(C)C(=O)OCCCS(=O)(=O)[N-]S(=O)(=O)F.C=C(C)C(=O)OCCCS(=O)(=O)[N-]S(C)(=O)=O.C=Cc1ccc(S(=O)(=O)[N-]S(=O)(=O)C(F)(F)F)cc1.C=Cc1ccc(S(=O)(=O)[N-]S(=O)(=O)F)cc1.C=Cc1ccc(S(=O)(=O)[N-]S(C)(=O)=O)cc1.[Li+].[Li+].[Li+].[Li+].[Li+].[Li+]. The Bertz CT molecular complexity index is 4900. The van der Waals surface area contributed by atoms with E-state index in [0.717, 1.165) is 36.1 Å². The van der Waals surface area contributed by atoms with E-state index in [1.54, 1.807) is 6.08 Å². The first-order chi connectivity index (χ1) is 46.8. The monoisotopic (exact) mass is 1790 g/mol. The van der Waals surface area contributed by atoms with E-state index in [1.165, 1.54) is 81.5 Å². The van der Waals surface area contributed by atoms with Crippen LogP contribution >= 0.6 is 0 Å². The zero-order chi connectivity index (χ0) is 83.3. The molecule has 0 radical (unpaired) electrons. The molecule has 36 nitrogen and oxygen atoms in total. The van der Waals surface area contributed by atoms with Gasteiger partial charge in [0.2, 0.25) is 20.8 Å². The molecule has 0 amide bonds. The molecule has 0 aliphatic rings. The summed E-state index contributed by atoms with van der Waals surface area (Å²) < 4.78 is 383. The molecule has 3 aromatic carbocycles. The molecule has 111 heavy (non-hydrogen) atoms. The molecule has 0 unspecified atom stereocenters. The summed E-state index contributed by atoms with van der Waals surface area (Å²) in [6.07, 6.45) is 5.18. The van der Waals surface area contributed by atoms with Gasteiger partial charge in [-0.05, 0) is 93.1 Å². The Morgan fingerprint density at radius 3 is 0.766 bits per heavy atom. The van der Waals surface area contributed by atoms with E-state index in [9.17, 15) is 150 Å². The van der Waals surface area contributed by atoms with Crippen molar-refractivity contribution in [3.63, 3.8) is 0 Å². The number of carbonyl (C=O) groups is 3. The third-order valence-corrected chi connectivity index (χ3v) is 25.9. The van der Waals surface area contributed by atoms with Gasteiger partial charge in [-0.25, -0.2) is 115 Å². The molecule has 0 aliphatic heterocycles. The van der Waals surface area contributed by atoms with Crippen LogP contribution in [0.5, 0.6) is 0 Å². The maximum absolute atomic E-state index is 12.1. The summed E-state index contributed by atoms with van der Waals surface area (Å²) in [7, 11) is -57.8. The first-order valence-electron chi connectivity index (χ1n) is 26.3. The zero-order valence-electron chi connectivity index (χ0n) is 60.1. The van der Waals surface area contributed by atoms with Crippen molar-refractivity contribution in [2.45, 2.75) is 65.7 Å². The number of rotatable bonds is 33. The van der Waals surface area contributed by atoms with Gasteiger partial charge in [-0.3, -0.25) is 0 Å². The van der Waals surface area contributed by atoms with E-state index in [0.29, 0.717) is 17.4 Å². The predicted octanol–water partition coefficient (Wildman–Crippen LogP) is -11.2. The number of carbonyl (C=O) groups excluding carboxylic acids is 3. The largest absolute Gasteiger partial charge is 1.00 e. The standard InChI is InChI=1S/C9H7F3NO4S2.C9H10NO4S2.C8H11F3NO6S2.C8H7FNO4S2.C8H14NO6S2.C7H11FNO6S2.6Li/c1-2-7-3-5-8(6-4-7)18(14,15)13-19(16,17)9(10,11)12;1-3-8-4-6-9(7-5-8)16(13,14)10-15(2,11)12;1-6(2)7(13)18-4-3-5-19(14,15)12-20(16,17)8(9,10)11;1-2-7-3-5-8(6-4-7)15(11,12)10-16(9,13)14;1-7(2)8(10)15-5-4-6-17(13,14)9-16(3,11)12;1-6(2)7(10)15-4-3-5-16(11,12)9-17(8,13)14;;;;;;/h2-6H,1H2;3-7H,1H2,2H3;1,3-5H2,2H3;2-6H,1H2;1,4-6H2,2-3H3;1,3-5H2,2H3;;;;;;/q6*-1;6*+1. The van der Waals surface area contributed by atoms with E-state index >= 15 is 0 Å².